The Bertz CT molecular complexity index is 765. The van der Waals surface area contributed by atoms with Crippen molar-refractivity contribution in [1.29, 1.82) is 0 Å². The van der Waals surface area contributed by atoms with Crippen LogP contribution in [0.5, 0.6) is 0 Å². The molecule has 1 aliphatic heterocycles. The van der Waals surface area contributed by atoms with Crippen LogP contribution >= 0.6 is 0 Å². The zero-order chi connectivity index (χ0) is 20.8. The van der Waals surface area contributed by atoms with Gasteiger partial charge < -0.3 is 4.90 Å². The van der Waals surface area contributed by atoms with E-state index in [-0.39, 0.29) is 0 Å². The zero-order valence-electron chi connectivity index (χ0n) is 19.0. The first kappa shape index (κ1) is 21.5. The van der Waals surface area contributed by atoms with Gasteiger partial charge in [0.25, 0.3) is 0 Å². The van der Waals surface area contributed by atoms with Crippen LogP contribution in [0.25, 0.3) is 0 Å². The first-order valence-corrected chi connectivity index (χ1v) is 12.1. The van der Waals surface area contributed by atoms with Crippen molar-refractivity contribution in [1.82, 2.24) is 24.6 Å². The van der Waals surface area contributed by atoms with Crippen LogP contribution in [-0.2, 0) is 19.6 Å². The Labute approximate surface area is 182 Å². The molecule has 0 radical (unpaired) electrons. The second-order valence-electron chi connectivity index (χ2n) is 9.42. The molecule has 2 aromatic heterocycles. The highest BCUT2D eigenvalue weighted by Crippen LogP contribution is 2.28. The van der Waals surface area contributed by atoms with Crippen molar-refractivity contribution < 1.29 is 0 Å². The third-order valence-electron chi connectivity index (χ3n) is 7.05. The van der Waals surface area contributed by atoms with E-state index in [4.69, 9.17) is 0 Å². The molecule has 0 spiro atoms. The SMILES string of the molecule is CCn1cc(CN(Cc2cccnc2)C[C@@H]2CCCN(C3CCCCC3)C2)c(C)n1. The summed E-state index contributed by atoms with van der Waals surface area (Å²) in [5.74, 6) is 0.763. The minimum absolute atomic E-state index is 0.763. The Morgan fingerprint density at radius 3 is 2.70 bits per heavy atom. The van der Waals surface area contributed by atoms with E-state index in [1.807, 2.05) is 12.4 Å². The normalized spacial score (nSPS) is 21.4. The summed E-state index contributed by atoms with van der Waals surface area (Å²) in [5.41, 5.74) is 3.83. The molecular formula is C25H39N5. The molecule has 2 fully saturated rings. The zero-order valence-corrected chi connectivity index (χ0v) is 19.0. The lowest BCUT2D eigenvalue weighted by molar-refractivity contribution is 0.0771. The molecule has 4 rings (SSSR count). The number of pyridine rings is 1. The molecule has 0 bridgehead atoms. The van der Waals surface area contributed by atoms with Gasteiger partial charge in [-0.25, -0.2) is 0 Å². The van der Waals surface area contributed by atoms with Gasteiger partial charge in [0.2, 0.25) is 0 Å². The average molecular weight is 410 g/mol. The van der Waals surface area contributed by atoms with Gasteiger partial charge in [0.1, 0.15) is 0 Å². The Morgan fingerprint density at radius 1 is 1.10 bits per heavy atom. The van der Waals surface area contributed by atoms with E-state index in [0.29, 0.717) is 0 Å². The van der Waals surface area contributed by atoms with E-state index in [9.17, 15) is 0 Å². The van der Waals surface area contributed by atoms with Gasteiger partial charge in [-0.1, -0.05) is 25.3 Å². The second kappa shape index (κ2) is 10.5. The summed E-state index contributed by atoms with van der Waals surface area (Å²) in [6.45, 7) is 10.9. The molecule has 30 heavy (non-hydrogen) atoms. The molecular weight excluding hydrogens is 370 g/mol. The van der Waals surface area contributed by atoms with E-state index in [1.54, 1.807) is 0 Å². The number of aromatic nitrogens is 3. The van der Waals surface area contributed by atoms with Gasteiger partial charge in [-0.3, -0.25) is 14.6 Å². The maximum atomic E-state index is 4.68. The molecule has 5 heteroatoms. The number of hydrogen-bond acceptors (Lipinski definition) is 4. The minimum Gasteiger partial charge on any atom is -0.300 e. The maximum Gasteiger partial charge on any atom is 0.0638 e. The van der Waals surface area contributed by atoms with Gasteiger partial charge in [-0.15, -0.1) is 0 Å². The number of hydrogen-bond donors (Lipinski definition) is 0. The van der Waals surface area contributed by atoms with Crippen LogP contribution < -0.4 is 0 Å². The summed E-state index contributed by atoms with van der Waals surface area (Å²) >= 11 is 0. The molecule has 164 valence electrons. The van der Waals surface area contributed by atoms with E-state index in [1.165, 1.54) is 74.9 Å². The summed E-state index contributed by atoms with van der Waals surface area (Å²) in [5, 5.41) is 4.68. The van der Waals surface area contributed by atoms with Crippen LogP contribution in [-0.4, -0.2) is 50.2 Å². The van der Waals surface area contributed by atoms with Crippen LogP contribution in [0.15, 0.2) is 30.7 Å². The lowest BCUT2D eigenvalue weighted by Crippen LogP contribution is -2.46. The van der Waals surface area contributed by atoms with E-state index >= 15 is 0 Å². The van der Waals surface area contributed by atoms with E-state index < -0.39 is 0 Å². The molecule has 1 atom stereocenters. The topological polar surface area (TPSA) is 37.2 Å². The highest BCUT2D eigenvalue weighted by atomic mass is 15.3. The average Bonchev–Trinajstić information content (AvgIpc) is 3.14. The number of nitrogens with zero attached hydrogens (tertiary/aromatic N) is 5. The van der Waals surface area contributed by atoms with Crippen molar-refractivity contribution in [2.75, 3.05) is 19.6 Å². The summed E-state index contributed by atoms with van der Waals surface area (Å²) < 4.78 is 2.07. The first-order valence-electron chi connectivity index (χ1n) is 12.1. The van der Waals surface area contributed by atoms with Gasteiger partial charge in [0.15, 0.2) is 0 Å². The molecule has 0 unspecified atom stereocenters. The molecule has 5 nitrogen and oxygen atoms in total. The molecule has 1 saturated carbocycles. The predicted molar refractivity (Wildman–Crippen MR) is 122 cm³/mol. The number of aryl methyl sites for hydroxylation is 2. The van der Waals surface area contributed by atoms with Gasteiger partial charge in [-0.2, -0.15) is 5.10 Å². The second-order valence-corrected chi connectivity index (χ2v) is 9.42. The highest BCUT2D eigenvalue weighted by molar-refractivity contribution is 5.16. The molecule has 0 amide bonds. The third kappa shape index (κ3) is 5.70. The summed E-state index contributed by atoms with van der Waals surface area (Å²) in [6, 6.07) is 5.11. The van der Waals surface area contributed by atoms with Crippen molar-refractivity contribution in [3.8, 4) is 0 Å². The van der Waals surface area contributed by atoms with Crippen LogP contribution in [0, 0.1) is 12.8 Å². The third-order valence-corrected chi connectivity index (χ3v) is 7.05. The first-order chi connectivity index (χ1) is 14.7. The molecule has 2 aromatic rings. The number of rotatable bonds is 8. The predicted octanol–water partition coefficient (Wildman–Crippen LogP) is 4.65. The quantitative estimate of drug-likeness (QED) is 0.636. The van der Waals surface area contributed by atoms with Crippen molar-refractivity contribution in [2.45, 2.75) is 84.5 Å². The van der Waals surface area contributed by atoms with Crippen molar-refractivity contribution in [3.05, 3.63) is 47.5 Å². The monoisotopic (exact) mass is 409 g/mol. The lowest BCUT2D eigenvalue weighted by atomic mass is 9.90. The summed E-state index contributed by atoms with van der Waals surface area (Å²) in [6.07, 6.45) is 16.0. The Balaban J connectivity index is 1.43. The van der Waals surface area contributed by atoms with E-state index in [2.05, 4.69) is 56.7 Å². The fraction of sp³-hybridized carbons (Fsp3) is 0.680. The largest absolute Gasteiger partial charge is 0.300 e. The van der Waals surface area contributed by atoms with Gasteiger partial charge >= 0.3 is 0 Å². The lowest BCUT2D eigenvalue weighted by Gasteiger charge is -2.41. The molecule has 0 N–H and O–H groups in total. The Hall–Kier alpha value is -1.72. The van der Waals surface area contributed by atoms with Gasteiger partial charge in [-0.05, 0) is 63.6 Å². The summed E-state index contributed by atoms with van der Waals surface area (Å²) in [7, 11) is 0. The smallest absolute Gasteiger partial charge is 0.0638 e. The minimum atomic E-state index is 0.763. The number of piperidine rings is 1. The van der Waals surface area contributed by atoms with Crippen molar-refractivity contribution in [3.63, 3.8) is 0 Å². The van der Waals surface area contributed by atoms with Gasteiger partial charge in [0, 0.05) is 62.9 Å². The molecule has 1 aliphatic carbocycles. The molecule has 1 saturated heterocycles. The van der Waals surface area contributed by atoms with Crippen LogP contribution in [0.2, 0.25) is 0 Å². The fourth-order valence-electron chi connectivity index (χ4n) is 5.44. The number of likely N-dealkylation sites (tertiary alicyclic amines) is 1. The Morgan fingerprint density at radius 2 is 1.97 bits per heavy atom. The molecule has 0 aromatic carbocycles. The molecule has 2 aliphatic rings. The summed E-state index contributed by atoms with van der Waals surface area (Å²) in [4.78, 5) is 9.81. The van der Waals surface area contributed by atoms with Crippen molar-refractivity contribution in [2.24, 2.45) is 5.92 Å². The van der Waals surface area contributed by atoms with Crippen molar-refractivity contribution >= 4 is 0 Å². The molecule has 3 heterocycles. The highest BCUT2D eigenvalue weighted by Gasteiger charge is 2.28. The fourth-order valence-corrected chi connectivity index (χ4v) is 5.44. The Kier molecular flexibility index (Phi) is 7.56. The van der Waals surface area contributed by atoms with E-state index in [0.717, 1.165) is 38.1 Å². The standard InChI is InChI=1S/C25H39N5/c1-3-30-20-24(21(2)27-30)19-28(16-22-9-7-13-26-15-22)17-23-10-8-14-29(18-23)25-11-5-4-6-12-25/h7,9,13,15,20,23,25H,3-6,8,10-12,14,16-19H2,1-2H3/t23-/m0/s1. The van der Waals surface area contributed by atoms with Crippen LogP contribution in [0.3, 0.4) is 0 Å². The van der Waals surface area contributed by atoms with Crippen LogP contribution in [0.1, 0.15) is 68.7 Å². The maximum absolute atomic E-state index is 4.68. The van der Waals surface area contributed by atoms with Crippen LogP contribution in [0.4, 0.5) is 0 Å². The van der Waals surface area contributed by atoms with Gasteiger partial charge in [0.05, 0.1) is 5.69 Å².